The number of rotatable bonds is 1. The van der Waals surface area contributed by atoms with Crippen LogP contribution in [0.15, 0.2) is 30.6 Å². The van der Waals surface area contributed by atoms with E-state index in [0.717, 1.165) is 11.4 Å². The lowest BCUT2D eigenvalue weighted by Crippen LogP contribution is -2.04. The second-order valence-corrected chi connectivity index (χ2v) is 3.02. The zero-order valence-electron chi connectivity index (χ0n) is 8.23. The summed E-state index contributed by atoms with van der Waals surface area (Å²) in [5, 5.41) is 3.00. The van der Waals surface area contributed by atoms with Gasteiger partial charge in [0.15, 0.2) is 0 Å². The first-order valence-corrected chi connectivity index (χ1v) is 4.49. The van der Waals surface area contributed by atoms with Crippen LogP contribution < -0.4 is 5.32 Å². The number of aromatic nitrogens is 1. The van der Waals surface area contributed by atoms with E-state index in [9.17, 15) is 4.79 Å². The molecule has 76 valence electrons. The molecule has 0 amide bonds. The summed E-state index contributed by atoms with van der Waals surface area (Å²) in [5.41, 5.74) is 1.31. The van der Waals surface area contributed by atoms with Crippen LogP contribution in [0.3, 0.4) is 0 Å². The summed E-state index contributed by atoms with van der Waals surface area (Å²) in [6, 6.07) is 1.74. The van der Waals surface area contributed by atoms with Gasteiger partial charge in [0.2, 0.25) is 0 Å². The normalized spacial score (nSPS) is 12.6. The Hall–Kier alpha value is -2.10. The van der Waals surface area contributed by atoms with Crippen LogP contribution >= 0.6 is 0 Å². The third-order valence-corrected chi connectivity index (χ3v) is 2.04. The first-order valence-electron chi connectivity index (χ1n) is 4.49. The summed E-state index contributed by atoms with van der Waals surface area (Å²) in [5.74, 6) is 0.351. The van der Waals surface area contributed by atoms with Crippen molar-refractivity contribution in [3.05, 3.63) is 41.7 Å². The summed E-state index contributed by atoms with van der Waals surface area (Å²) in [7, 11) is 1.35. The van der Waals surface area contributed by atoms with Gasteiger partial charge in [0.25, 0.3) is 0 Å². The summed E-state index contributed by atoms with van der Waals surface area (Å²) >= 11 is 0. The highest BCUT2D eigenvalue weighted by Crippen LogP contribution is 2.18. The number of nitrogens with zero attached hydrogens (tertiary/aromatic N) is 1. The van der Waals surface area contributed by atoms with Crippen molar-refractivity contribution in [3.8, 4) is 0 Å². The van der Waals surface area contributed by atoms with E-state index < -0.39 is 0 Å². The monoisotopic (exact) mass is 202 g/mol. The SMILES string of the molecule is COC(=O)c1cnc2c(c1)C=CC=CN2. The largest absolute Gasteiger partial charge is 0.465 e. The van der Waals surface area contributed by atoms with Crippen molar-refractivity contribution in [2.24, 2.45) is 0 Å². The number of hydrogen-bond acceptors (Lipinski definition) is 4. The van der Waals surface area contributed by atoms with Gasteiger partial charge in [-0.25, -0.2) is 9.78 Å². The van der Waals surface area contributed by atoms with Crippen molar-refractivity contribution in [3.63, 3.8) is 0 Å². The van der Waals surface area contributed by atoms with Gasteiger partial charge < -0.3 is 10.1 Å². The maximum atomic E-state index is 11.3. The molecule has 0 atom stereocenters. The molecule has 2 heterocycles. The van der Waals surface area contributed by atoms with Crippen LogP contribution in [0.4, 0.5) is 5.82 Å². The van der Waals surface area contributed by atoms with Crippen LogP contribution in [0.5, 0.6) is 0 Å². The van der Waals surface area contributed by atoms with Crippen LogP contribution in [0, 0.1) is 0 Å². The van der Waals surface area contributed by atoms with E-state index >= 15 is 0 Å². The standard InChI is InChI=1S/C11H10N2O2/c1-15-11(14)9-6-8-4-2-3-5-12-10(8)13-7-9/h2-7H,1H3,(H,12,13). The first-order chi connectivity index (χ1) is 7.31. The Morgan fingerprint density at radius 1 is 1.47 bits per heavy atom. The van der Waals surface area contributed by atoms with E-state index in [1.807, 2.05) is 18.2 Å². The zero-order chi connectivity index (χ0) is 10.7. The second kappa shape index (κ2) is 3.96. The predicted octanol–water partition coefficient (Wildman–Crippen LogP) is 1.82. The number of carbonyl (C=O) groups is 1. The van der Waals surface area contributed by atoms with Crippen LogP contribution in [0.2, 0.25) is 0 Å². The van der Waals surface area contributed by atoms with Crippen LogP contribution in [-0.2, 0) is 4.74 Å². The Morgan fingerprint density at radius 2 is 2.33 bits per heavy atom. The molecule has 0 radical (unpaired) electrons. The molecule has 1 aromatic heterocycles. The highest BCUT2D eigenvalue weighted by atomic mass is 16.5. The van der Waals surface area contributed by atoms with Gasteiger partial charge in [0.1, 0.15) is 5.82 Å². The number of anilines is 1. The molecule has 4 nitrogen and oxygen atoms in total. The second-order valence-electron chi connectivity index (χ2n) is 3.02. The van der Waals surface area contributed by atoms with Crippen LogP contribution in [0.25, 0.3) is 6.08 Å². The molecule has 0 aliphatic carbocycles. The molecule has 0 unspecified atom stereocenters. The lowest BCUT2D eigenvalue weighted by molar-refractivity contribution is 0.0600. The van der Waals surface area contributed by atoms with Crippen molar-refractivity contribution in [2.75, 3.05) is 12.4 Å². The Bertz CT molecular complexity index is 450. The molecule has 0 aromatic carbocycles. The average Bonchev–Trinajstić information content (AvgIpc) is 2.51. The molecule has 0 saturated carbocycles. The summed E-state index contributed by atoms with van der Waals surface area (Å²) < 4.78 is 4.62. The number of hydrogen-bond donors (Lipinski definition) is 1. The Morgan fingerprint density at radius 3 is 3.13 bits per heavy atom. The van der Waals surface area contributed by atoms with E-state index in [0.29, 0.717) is 5.56 Å². The van der Waals surface area contributed by atoms with Crippen molar-refractivity contribution in [1.82, 2.24) is 4.98 Å². The van der Waals surface area contributed by atoms with Gasteiger partial charge in [-0.1, -0.05) is 12.2 Å². The van der Waals surface area contributed by atoms with Crippen molar-refractivity contribution >= 4 is 17.9 Å². The first kappa shape index (κ1) is 9.45. The van der Waals surface area contributed by atoms with Gasteiger partial charge in [-0.2, -0.15) is 0 Å². The molecule has 2 rings (SSSR count). The molecule has 1 N–H and O–H groups in total. The molecule has 1 aromatic rings. The summed E-state index contributed by atoms with van der Waals surface area (Å²) in [6.07, 6.45) is 8.89. The molecule has 4 heteroatoms. The topological polar surface area (TPSA) is 51.2 Å². The fourth-order valence-corrected chi connectivity index (χ4v) is 1.30. The molecule has 0 spiro atoms. The van der Waals surface area contributed by atoms with E-state index in [4.69, 9.17) is 0 Å². The summed E-state index contributed by atoms with van der Waals surface area (Å²) in [4.78, 5) is 15.4. The number of carbonyl (C=O) groups excluding carboxylic acids is 1. The van der Waals surface area contributed by atoms with E-state index in [2.05, 4.69) is 15.0 Å². The van der Waals surface area contributed by atoms with E-state index in [-0.39, 0.29) is 5.97 Å². The van der Waals surface area contributed by atoms with Crippen LogP contribution in [0.1, 0.15) is 15.9 Å². The zero-order valence-corrected chi connectivity index (χ0v) is 8.23. The Balaban J connectivity index is 2.42. The molecular formula is C11H10N2O2. The maximum absolute atomic E-state index is 11.3. The molecule has 0 fully saturated rings. The fraction of sp³-hybridized carbons (Fsp3) is 0.0909. The van der Waals surface area contributed by atoms with Crippen molar-refractivity contribution in [1.29, 1.82) is 0 Å². The number of methoxy groups -OCH3 is 1. The average molecular weight is 202 g/mol. The quantitative estimate of drug-likeness (QED) is 0.706. The lowest BCUT2D eigenvalue weighted by Gasteiger charge is -2.05. The highest BCUT2D eigenvalue weighted by molar-refractivity contribution is 5.90. The van der Waals surface area contributed by atoms with Gasteiger partial charge in [-0.3, -0.25) is 0 Å². The fourth-order valence-electron chi connectivity index (χ4n) is 1.30. The van der Waals surface area contributed by atoms with Gasteiger partial charge in [0, 0.05) is 18.0 Å². The number of esters is 1. The van der Waals surface area contributed by atoms with Gasteiger partial charge in [-0.15, -0.1) is 0 Å². The summed E-state index contributed by atoms with van der Waals surface area (Å²) in [6.45, 7) is 0. The number of ether oxygens (including phenoxy) is 1. The minimum Gasteiger partial charge on any atom is -0.465 e. The number of allylic oxidation sites excluding steroid dienone is 2. The molecule has 1 aliphatic rings. The minimum atomic E-state index is -0.379. The van der Waals surface area contributed by atoms with Gasteiger partial charge in [0.05, 0.1) is 12.7 Å². The van der Waals surface area contributed by atoms with Crippen molar-refractivity contribution < 1.29 is 9.53 Å². The van der Waals surface area contributed by atoms with E-state index in [1.54, 1.807) is 12.3 Å². The number of nitrogens with one attached hydrogen (secondary N) is 1. The molecule has 0 bridgehead atoms. The minimum absolute atomic E-state index is 0.379. The lowest BCUT2D eigenvalue weighted by atomic mass is 10.2. The predicted molar refractivity (Wildman–Crippen MR) is 57.4 cm³/mol. The smallest absolute Gasteiger partial charge is 0.339 e. The third-order valence-electron chi connectivity index (χ3n) is 2.04. The Labute approximate surface area is 87.3 Å². The molecule has 15 heavy (non-hydrogen) atoms. The van der Waals surface area contributed by atoms with Gasteiger partial charge >= 0.3 is 5.97 Å². The Kier molecular flexibility index (Phi) is 2.49. The number of fused-ring (bicyclic) bond motifs is 1. The molecule has 1 aliphatic heterocycles. The van der Waals surface area contributed by atoms with E-state index in [1.165, 1.54) is 13.3 Å². The highest BCUT2D eigenvalue weighted by Gasteiger charge is 2.09. The number of pyridine rings is 1. The van der Waals surface area contributed by atoms with Crippen molar-refractivity contribution in [2.45, 2.75) is 0 Å². The molecule has 0 saturated heterocycles. The molecular weight excluding hydrogens is 192 g/mol. The van der Waals surface area contributed by atoms with Gasteiger partial charge in [-0.05, 0) is 12.1 Å². The maximum Gasteiger partial charge on any atom is 0.339 e. The third kappa shape index (κ3) is 1.88. The van der Waals surface area contributed by atoms with Crippen LogP contribution in [-0.4, -0.2) is 18.1 Å².